The van der Waals surface area contributed by atoms with Gasteiger partial charge in [-0.1, -0.05) is 30.3 Å². The topological polar surface area (TPSA) is 127 Å². The number of hydrogen-bond donors (Lipinski definition) is 3. The van der Waals surface area contributed by atoms with E-state index < -0.39 is 49.6 Å². The second kappa shape index (κ2) is 7.42. The summed E-state index contributed by atoms with van der Waals surface area (Å²) in [5.74, 6) is -1.44. The van der Waals surface area contributed by atoms with E-state index in [2.05, 4.69) is 5.32 Å². The Hall–Kier alpha value is -3.70. The predicted octanol–water partition coefficient (Wildman–Crippen LogP) is 4.36. The molecule has 0 aromatic heterocycles. The van der Waals surface area contributed by atoms with Gasteiger partial charge in [0.1, 0.15) is 4.90 Å². The molecule has 0 fully saturated rings. The van der Waals surface area contributed by atoms with E-state index in [1.807, 2.05) is 0 Å². The Bertz CT molecular complexity index is 1460. The van der Waals surface area contributed by atoms with Crippen LogP contribution in [-0.4, -0.2) is 24.5 Å². The third kappa shape index (κ3) is 3.74. The summed E-state index contributed by atoms with van der Waals surface area (Å²) in [6, 6.07) is 9.87. The van der Waals surface area contributed by atoms with Crippen molar-refractivity contribution in [2.45, 2.75) is 18.0 Å². The quantitative estimate of drug-likeness (QED) is 0.296. The predicted molar refractivity (Wildman–Crippen MR) is 113 cm³/mol. The molecule has 3 aromatic rings. The molecule has 1 aliphatic carbocycles. The molecule has 0 heterocycles. The number of anilines is 3. The zero-order valence-electron chi connectivity index (χ0n) is 16.8. The Morgan fingerprint density at radius 3 is 2.06 bits per heavy atom. The molecule has 4 N–H and O–H groups in total. The molecule has 0 unspecified atom stereocenters. The van der Waals surface area contributed by atoms with E-state index in [0.29, 0.717) is 0 Å². The van der Waals surface area contributed by atoms with Gasteiger partial charge in [0.2, 0.25) is 0 Å². The number of halogens is 3. The van der Waals surface area contributed by atoms with Gasteiger partial charge in [0, 0.05) is 16.8 Å². The number of carbonyl (C=O) groups is 2. The number of nitrogens with two attached hydrogens (primary N) is 1. The number of nitrogen functional groups attached to an aromatic ring is 1. The lowest BCUT2D eigenvalue weighted by Crippen LogP contribution is -2.25. The first-order valence-corrected chi connectivity index (χ1v) is 10.8. The fourth-order valence-electron chi connectivity index (χ4n) is 3.77. The molecule has 0 saturated heterocycles. The van der Waals surface area contributed by atoms with Gasteiger partial charge in [-0.3, -0.25) is 14.1 Å². The van der Waals surface area contributed by atoms with Crippen molar-refractivity contribution in [1.29, 1.82) is 0 Å². The number of aryl methyl sites for hydroxylation is 1. The summed E-state index contributed by atoms with van der Waals surface area (Å²) in [6.07, 6.45) is -4.66. The van der Waals surface area contributed by atoms with E-state index in [1.165, 1.54) is 43.3 Å². The molecule has 0 bridgehead atoms. The van der Waals surface area contributed by atoms with Gasteiger partial charge in [0.15, 0.2) is 11.6 Å². The summed E-state index contributed by atoms with van der Waals surface area (Å²) < 4.78 is 73.4. The molecule has 0 aliphatic heterocycles. The Balaban J connectivity index is 1.99. The number of ketones is 2. The van der Waals surface area contributed by atoms with Crippen LogP contribution < -0.4 is 11.1 Å². The van der Waals surface area contributed by atoms with Crippen molar-refractivity contribution in [1.82, 2.24) is 0 Å². The van der Waals surface area contributed by atoms with Gasteiger partial charge < -0.3 is 11.1 Å². The number of carbonyl (C=O) groups excluding carboxylic acids is 2. The number of hydrogen-bond acceptors (Lipinski definition) is 6. The van der Waals surface area contributed by atoms with E-state index in [4.69, 9.17) is 5.73 Å². The maximum Gasteiger partial charge on any atom is 0.416 e. The van der Waals surface area contributed by atoms with E-state index >= 15 is 0 Å². The van der Waals surface area contributed by atoms with Crippen LogP contribution in [0, 0.1) is 6.92 Å². The maximum absolute atomic E-state index is 13.3. The maximum atomic E-state index is 13.3. The van der Waals surface area contributed by atoms with Gasteiger partial charge in [-0.15, -0.1) is 0 Å². The van der Waals surface area contributed by atoms with Crippen molar-refractivity contribution in [3.8, 4) is 0 Å². The Labute approximate surface area is 185 Å². The average molecular weight is 476 g/mol. The van der Waals surface area contributed by atoms with Gasteiger partial charge in [-0.25, -0.2) is 0 Å². The molecule has 3 aromatic carbocycles. The van der Waals surface area contributed by atoms with Crippen LogP contribution in [-0.2, 0) is 16.3 Å². The van der Waals surface area contributed by atoms with Crippen LogP contribution in [0.1, 0.15) is 43.0 Å². The minimum absolute atomic E-state index is 0.0187. The summed E-state index contributed by atoms with van der Waals surface area (Å²) in [5.41, 5.74) is 3.07. The monoisotopic (exact) mass is 476 g/mol. The molecule has 4 rings (SSSR count). The Morgan fingerprint density at radius 2 is 1.52 bits per heavy atom. The largest absolute Gasteiger partial charge is 0.416 e. The van der Waals surface area contributed by atoms with E-state index in [9.17, 15) is 35.7 Å². The average Bonchev–Trinajstić information content (AvgIpc) is 2.72. The highest BCUT2D eigenvalue weighted by Crippen LogP contribution is 2.41. The molecule has 0 saturated carbocycles. The number of rotatable bonds is 3. The minimum Gasteiger partial charge on any atom is -0.397 e. The van der Waals surface area contributed by atoms with Gasteiger partial charge >= 0.3 is 6.18 Å². The first-order valence-electron chi connectivity index (χ1n) is 9.38. The van der Waals surface area contributed by atoms with Gasteiger partial charge in [0.05, 0.1) is 28.1 Å². The van der Waals surface area contributed by atoms with Gasteiger partial charge in [0.25, 0.3) is 10.1 Å². The molecule has 0 radical (unpaired) electrons. The number of alkyl halides is 3. The van der Waals surface area contributed by atoms with E-state index in [-0.39, 0.29) is 33.6 Å². The molecular weight excluding hydrogens is 461 g/mol. The van der Waals surface area contributed by atoms with Crippen LogP contribution >= 0.6 is 0 Å². The second-order valence-corrected chi connectivity index (χ2v) is 8.81. The van der Waals surface area contributed by atoms with Crippen molar-refractivity contribution in [3.05, 3.63) is 81.9 Å². The van der Waals surface area contributed by atoms with Crippen LogP contribution in [0.4, 0.5) is 30.2 Å². The summed E-state index contributed by atoms with van der Waals surface area (Å²) in [4.78, 5) is 25.5. The molecule has 170 valence electrons. The highest BCUT2D eigenvalue weighted by molar-refractivity contribution is 7.86. The highest BCUT2D eigenvalue weighted by Gasteiger charge is 2.37. The van der Waals surface area contributed by atoms with Crippen LogP contribution in [0.15, 0.2) is 53.4 Å². The molecular formula is C22H15F3N2O5S. The fraction of sp³-hybridized carbons (Fsp3) is 0.0909. The first kappa shape index (κ1) is 22.5. The van der Waals surface area contributed by atoms with Crippen molar-refractivity contribution in [2.24, 2.45) is 0 Å². The lowest BCUT2D eigenvalue weighted by molar-refractivity contribution is -0.138. The van der Waals surface area contributed by atoms with Gasteiger partial charge in [-0.05, 0) is 30.7 Å². The fourth-order valence-corrected chi connectivity index (χ4v) is 4.41. The lowest BCUT2D eigenvalue weighted by Gasteiger charge is -2.24. The number of fused-ring (bicyclic) bond motifs is 2. The SMILES string of the molecule is Cc1ccc(Nc2cc(S(=O)(=O)O)c(N)c3c2C(=O)c2ccccc2C3=O)cc1C(F)(F)F. The van der Waals surface area contributed by atoms with E-state index in [0.717, 1.165) is 12.1 Å². The summed E-state index contributed by atoms with van der Waals surface area (Å²) in [5, 5.41) is 2.59. The number of benzene rings is 3. The third-order valence-electron chi connectivity index (χ3n) is 5.30. The van der Waals surface area contributed by atoms with Gasteiger partial charge in [-0.2, -0.15) is 21.6 Å². The molecule has 11 heteroatoms. The molecule has 33 heavy (non-hydrogen) atoms. The summed E-state index contributed by atoms with van der Waals surface area (Å²) in [6.45, 7) is 1.27. The Morgan fingerprint density at radius 1 is 0.939 bits per heavy atom. The first-order chi connectivity index (χ1) is 15.3. The van der Waals surface area contributed by atoms with Crippen LogP contribution in [0.25, 0.3) is 0 Å². The smallest absolute Gasteiger partial charge is 0.397 e. The standard InChI is InChI=1S/C22H15F3N2O5S/c1-10-6-7-11(8-14(10)22(23,24)25)27-15-9-16(33(30,31)32)19(26)18-17(15)20(28)12-4-2-3-5-13(12)21(18)29/h2-9,27H,26H2,1H3,(H,30,31,32). The van der Waals surface area contributed by atoms with Crippen molar-refractivity contribution < 1.29 is 35.7 Å². The third-order valence-corrected chi connectivity index (χ3v) is 6.19. The van der Waals surface area contributed by atoms with Crippen molar-refractivity contribution in [2.75, 3.05) is 11.1 Å². The zero-order chi connectivity index (χ0) is 24.3. The number of nitrogens with one attached hydrogen (secondary N) is 1. The van der Waals surface area contributed by atoms with Crippen LogP contribution in [0.2, 0.25) is 0 Å². The van der Waals surface area contributed by atoms with E-state index in [1.54, 1.807) is 0 Å². The molecule has 1 aliphatic rings. The summed E-state index contributed by atoms with van der Waals surface area (Å²) in [7, 11) is -4.95. The Kier molecular flexibility index (Phi) is 5.06. The van der Waals surface area contributed by atoms with Crippen molar-refractivity contribution >= 4 is 38.7 Å². The second-order valence-electron chi connectivity index (χ2n) is 7.42. The summed E-state index contributed by atoms with van der Waals surface area (Å²) >= 11 is 0. The van der Waals surface area contributed by atoms with Crippen molar-refractivity contribution in [3.63, 3.8) is 0 Å². The van der Waals surface area contributed by atoms with Crippen LogP contribution in [0.3, 0.4) is 0 Å². The normalized spacial score (nSPS) is 13.5. The molecule has 0 atom stereocenters. The van der Waals surface area contributed by atoms with Crippen LogP contribution in [0.5, 0.6) is 0 Å². The zero-order valence-corrected chi connectivity index (χ0v) is 17.6. The lowest BCUT2D eigenvalue weighted by atomic mass is 9.82. The minimum atomic E-state index is -4.95. The highest BCUT2D eigenvalue weighted by atomic mass is 32.2. The molecule has 7 nitrogen and oxygen atoms in total. The molecule has 0 amide bonds. The molecule has 0 spiro atoms.